The lowest BCUT2D eigenvalue weighted by Gasteiger charge is -2.33. The summed E-state index contributed by atoms with van der Waals surface area (Å²) in [4.78, 5) is 7.31. The molecule has 0 bridgehead atoms. The molecule has 7 nitrogen and oxygen atoms in total. The van der Waals surface area contributed by atoms with Crippen LogP contribution in [-0.2, 0) is 16.3 Å². The van der Waals surface area contributed by atoms with Gasteiger partial charge in [0.05, 0.1) is 10.4 Å². The van der Waals surface area contributed by atoms with Crippen molar-refractivity contribution in [1.29, 1.82) is 0 Å². The van der Waals surface area contributed by atoms with Gasteiger partial charge in [-0.25, -0.2) is 13.4 Å². The van der Waals surface area contributed by atoms with E-state index >= 15 is 0 Å². The van der Waals surface area contributed by atoms with E-state index in [-0.39, 0.29) is 15.6 Å². The Morgan fingerprint density at radius 2 is 1.58 bits per heavy atom. The monoisotopic (exact) mass is 561 g/mol. The van der Waals surface area contributed by atoms with Crippen molar-refractivity contribution in [2.45, 2.75) is 29.2 Å². The molecule has 0 spiro atoms. The van der Waals surface area contributed by atoms with E-state index in [1.54, 1.807) is 24.3 Å². The molecule has 1 fully saturated rings. The van der Waals surface area contributed by atoms with Crippen molar-refractivity contribution >= 4 is 48.1 Å². The first kappa shape index (κ1) is 23.1. The van der Waals surface area contributed by atoms with E-state index in [1.807, 2.05) is 24.3 Å². The molecule has 0 unspecified atom stereocenters. The molecule has 9 heteroatoms. The molecule has 1 aliphatic heterocycles. The van der Waals surface area contributed by atoms with Gasteiger partial charge in [-0.2, -0.15) is 4.52 Å². The number of sulfone groups is 1. The number of nitrogens with zero attached hydrogens (tertiary/aromatic N) is 5. The quantitative estimate of drug-likeness (QED) is 0.288. The minimum Gasteiger partial charge on any atom is -0.356 e. The summed E-state index contributed by atoms with van der Waals surface area (Å²) in [6.07, 6.45) is 3.18. The molecule has 1 saturated heterocycles. The van der Waals surface area contributed by atoms with Gasteiger partial charge >= 0.3 is 0 Å². The van der Waals surface area contributed by atoms with Gasteiger partial charge in [0.15, 0.2) is 5.65 Å². The molecule has 0 radical (unpaired) electrons. The van der Waals surface area contributed by atoms with Crippen LogP contribution in [0.1, 0.15) is 18.4 Å². The van der Waals surface area contributed by atoms with Gasteiger partial charge in [0.2, 0.25) is 14.9 Å². The fourth-order valence-corrected chi connectivity index (χ4v) is 6.46. The van der Waals surface area contributed by atoms with Crippen molar-refractivity contribution < 1.29 is 8.42 Å². The minimum atomic E-state index is -3.89. The predicted molar refractivity (Wildman–Crippen MR) is 143 cm³/mol. The number of para-hydroxylation sites is 1. The third-order valence-corrected chi connectivity index (χ3v) is 9.06. The van der Waals surface area contributed by atoms with Crippen molar-refractivity contribution in [3.05, 3.63) is 88.9 Å². The van der Waals surface area contributed by atoms with E-state index in [4.69, 9.17) is 4.98 Å². The van der Waals surface area contributed by atoms with Gasteiger partial charge in [-0.1, -0.05) is 63.6 Å². The highest BCUT2D eigenvalue weighted by molar-refractivity contribution is 9.10. The zero-order valence-corrected chi connectivity index (χ0v) is 21.9. The highest BCUT2D eigenvalue weighted by atomic mass is 79.9. The Labute approximate surface area is 217 Å². The van der Waals surface area contributed by atoms with Crippen LogP contribution >= 0.6 is 15.9 Å². The van der Waals surface area contributed by atoms with Crippen molar-refractivity contribution in [2.75, 3.05) is 18.0 Å². The molecule has 3 heterocycles. The van der Waals surface area contributed by atoms with E-state index < -0.39 is 9.84 Å². The van der Waals surface area contributed by atoms with Crippen LogP contribution in [0.4, 0.5) is 5.82 Å². The summed E-state index contributed by atoms with van der Waals surface area (Å²) < 4.78 is 29.3. The lowest BCUT2D eigenvalue weighted by Crippen LogP contribution is -2.35. The van der Waals surface area contributed by atoms with Crippen molar-refractivity contribution in [1.82, 2.24) is 19.8 Å². The molecule has 36 heavy (non-hydrogen) atoms. The number of fused-ring (bicyclic) bond motifs is 3. The number of halogens is 1. The Kier molecular flexibility index (Phi) is 5.97. The first-order valence-electron chi connectivity index (χ1n) is 11.9. The number of hydrogen-bond donors (Lipinski definition) is 0. The molecule has 6 rings (SSSR count). The highest BCUT2D eigenvalue weighted by Gasteiger charge is 2.29. The summed E-state index contributed by atoms with van der Waals surface area (Å²) >= 11 is 3.36. The Hall–Kier alpha value is -3.30. The number of rotatable bonds is 5. The molecule has 2 aromatic heterocycles. The number of benzene rings is 3. The lowest BCUT2D eigenvalue weighted by atomic mass is 9.90. The van der Waals surface area contributed by atoms with E-state index in [0.717, 1.165) is 53.5 Å². The van der Waals surface area contributed by atoms with Gasteiger partial charge in [0, 0.05) is 22.9 Å². The fourth-order valence-electron chi connectivity index (χ4n) is 4.97. The van der Waals surface area contributed by atoms with Gasteiger partial charge in [-0.15, -0.1) is 5.10 Å². The maximum atomic E-state index is 13.5. The summed E-state index contributed by atoms with van der Waals surface area (Å²) in [6, 6.07) is 25.0. The number of aromatic nitrogens is 4. The normalized spacial score (nSPS) is 15.1. The van der Waals surface area contributed by atoms with Crippen molar-refractivity contribution in [3.63, 3.8) is 0 Å². The van der Waals surface area contributed by atoms with Gasteiger partial charge < -0.3 is 4.90 Å². The molecule has 1 aliphatic rings. The first-order valence-corrected chi connectivity index (χ1v) is 14.2. The second kappa shape index (κ2) is 9.29. The van der Waals surface area contributed by atoms with Crippen LogP contribution < -0.4 is 4.90 Å². The molecule has 0 amide bonds. The van der Waals surface area contributed by atoms with Crippen LogP contribution in [0.25, 0.3) is 16.6 Å². The maximum absolute atomic E-state index is 13.5. The molecule has 5 aromatic rings. The summed E-state index contributed by atoms with van der Waals surface area (Å²) in [5.41, 5.74) is 2.40. The van der Waals surface area contributed by atoms with E-state index in [1.165, 1.54) is 10.1 Å². The summed E-state index contributed by atoms with van der Waals surface area (Å²) in [5.74, 6) is 1.40. The third-order valence-electron chi connectivity index (χ3n) is 6.86. The Morgan fingerprint density at radius 3 is 2.33 bits per heavy atom. The lowest BCUT2D eigenvalue weighted by molar-refractivity contribution is 0.403. The van der Waals surface area contributed by atoms with E-state index in [9.17, 15) is 8.42 Å². The van der Waals surface area contributed by atoms with Gasteiger partial charge in [0.25, 0.3) is 0 Å². The van der Waals surface area contributed by atoms with Crippen LogP contribution in [0.5, 0.6) is 0 Å². The minimum absolute atomic E-state index is 0.129. The number of piperidine rings is 1. The van der Waals surface area contributed by atoms with Crippen molar-refractivity contribution in [3.8, 4) is 0 Å². The first-order chi connectivity index (χ1) is 17.5. The molecular formula is C27H24BrN5O2S. The zero-order chi connectivity index (χ0) is 24.7. The smallest absolute Gasteiger partial charge is 0.229 e. The third kappa shape index (κ3) is 4.16. The number of anilines is 1. The molecule has 0 atom stereocenters. The highest BCUT2D eigenvalue weighted by Crippen LogP contribution is 2.32. The van der Waals surface area contributed by atoms with Crippen LogP contribution in [0.3, 0.4) is 0 Å². The van der Waals surface area contributed by atoms with Crippen LogP contribution in [0, 0.1) is 5.92 Å². The van der Waals surface area contributed by atoms with Crippen LogP contribution in [0.2, 0.25) is 0 Å². The Bertz CT molecular complexity index is 1650. The largest absolute Gasteiger partial charge is 0.356 e. The zero-order valence-electron chi connectivity index (χ0n) is 19.5. The van der Waals surface area contributed by atoms with Gasteiger partial charge in [0.1, 0.15) is 5.82 Å². The average molecular weight is 562 g/mol. The second-order valence-corrected chi connectivity index (χ2v) is 11.9. The second-order valence-electron chi connectivity index (χ2n) is 9.16. The maximum Gasteiger partial charge on any atom is 0.229 e. The number of hydrogen-bond acceptors (Lipinski definition) is 6. The van der Waals surface area contributed by atoms with Gasteiger partial charge in [-0.05, 0) is 67.1 Å². The van der Waals surface area contributed by atoms with E-state index in [0.29, 0.717) is 5.92 Å². The van der Waals surface area contributed by atoms with Gasteiger partial charge in [-0.3, -0.25) is 0 Å². The molecule has 3 aromatic carbocycles. The summed E-state index contributed by atoms with van der Waals surface area (Å²) in [7, 11) is -3.89. The molecule has 0 N–H and O–H groups in total. The molecule has 0 saturated carbocycles. The van der Waals surface area contributed by atoms with E-state index in [2.05, 4.69) is 61.5 Å². The predicted octanol–water partition coefficient (Wildman–Crippen LogP) is 5.33. The van der Waals surface area contributed by atoms with Crippen LogP contribution in [-0.4, -0.2) is 41.3 Å². The molecule has 0 aliphatic carbocycles. The van der Waals surface area contributed by atoms with Crippen LogP contribution in [0.15, 0.2) is 93.3 Å². The van der Waals surface area contributed by atoms with Crippen molar-refractivity contribution in [2.24, 2.45) is 5.92 Å². The Balaban J connectivity index is 1.38. The average Bonchev–Trinajstić information content (AvgIpc) is 3.35. The molecular weight excluding hydrogens is 538 g/mol. The fraction of sp³-hybridized carbons (Fsp3) is 0.222. The standard InChI is InChI=1S/C27H24BrN5O2S/c28-21-10-12-22(13-11-21)36(34,35)27-26-29-25(23-8-4-5-9-24(23)33(26)31-30-27)32-16-14-20(15-17-32)18-19-6-2-1-3-7-19/h1-13,20H,14-18H2. The Morgan fingerprint density at radius 1 is 0.889 bits per heavy atom. The summed E-state index contributed by atoms with van der Waals surface area (Å²) in [5, 5.41) is 9.10. The topological polar surface area (TPSA) is 80.5 Å². The molecule has 182 valence electrons. The SMILES string of the molecule is O=S(=O)(c1ccc(Br)cc1)c1nnn2c1nc(N1CCC(Cc3ccccc3)CC1)c1ccccc12. The summed E-state index contributed by atoms with van der Waals surface area (Å²) in [6.45, 7) is 1.72.